The molecule has 0 atom stereocenters. The maximum absolute atomic E-state index is 5.06. The van der Waals surface area contributed by atoms with Crippen molar-refractivity contribution in [2.24, 2.45) is 5.92 Å². The van der Waals surface area contributed by atoms with Crippen LogP contribution in [0, 0.1) is 5.92 Å². The van der Waals surface area contributed by atoms with Gasteiger partial charge < -0.3 is 10.1 Å². The Morgan fingerprint density at radius 1 is 1.40 bits per heavy atom. The lowest BCUT2D eigenvalue weighted by molar-refractivity contribution is 0.395. The van der Waals surface area contributed by atoms with Crippen LogP contribution < -0.4 is 10.1 Å². The highest BCUT2D eigenvalue weighted by Gasteiger charge is 1.97. The highest BCUT2D eigenvalue weighted by Crippen LogP contribution is 2.06. The van der Waals surface area contributed by atoms with Gasteiger partial charge in [-0.05, 0) is 24.9 Å². The number of hydrogen-bond acceptors (Lipinski definition) is 3. The molecule has 1 N–H and O–H groups in total. The predicted molar refractivity (Wildman–Crippen MR) is 62.0 cm³/mol. The van der Waals surface area contributed by atoms with E-state index < -0.39 is 0 Å². The van der Waals surface area contributed by atoms with Gasteiger partial charge in [-0.2, -0.15) is 0 Å². The number of pyridine rings is 1. The van der Waals surface area contributed by atoms with E-state index in [1.165, 1.54) is 6.42 Å². The van der Waals surface area contributed by atoms with Crippen molar-refractivity contribution in [3.8, 4) is 5.88 Å². The van der Waals surface area contributed by atoms with Gasteiger partial charge in [-0.3, -0.25) is 0 Å². The summed E-state index contributed by atoms with van der Waals surface area (Å²) in [5, 5.41) is 3.37. The van der Waals surface area contributed by atoms with Crippen molar-refractivity contribution in [3.63, 3.8) is 0 Å². The molecule has 1 heterocycles. The van der Waals surface area contributed by atoms with Crippen molar-refractivity contribution in [1.82, 2.24) is 10.3 Å². The van der Waals surface area contributed by atoms with Crippen molar-refractivity contribution in [1.29, 1.82) is 0 Å². The Hall–Kier alpha value is -1.09. The summed E-state index contributed by atoms with van der Waals surface area (Å²) in [5.41, 5.74) is 1.03. The SMILES string of the molecule is COc1cccc(CNCCC(C)C)n1. The number of aromatic nitrogens is 1. The standard InChI is InChI=1S/C12H20N2O/c1-10(2)7-8-13-9-11-5-4-6-12(14-11)15-3/h4-6,10,13H,7-9H2,1-3H3. The first-order chi connectivity index (χ1) is 7.22. The van der Waals surface area contributed by atoms with Gasteiger partial charge in [0.15, 0.2) is 0 Å². The average Bonchev–Trinajstić information content (AvgIpc) is 2.24. The van der Waals surface area contributed by atoms with Gasteiger partial charge in [0.05, 0.1) is 12.8 Å². The molecule has 84 valence electrons. The van der Waals surface area contributed by atoms with E-state index in [0.717, 1.165) is 24.7 Å². The minimum atomic E-state index is 0.679. The van der Waals surface area contributed by atoms with E-state index in [1.54, 1.807) is 7.11 Å². The number of hydrogen-bond donors (Lipinski definition) is 1. The zero-order valence-electron chi connectivity index (χ0n) is 9.79. The number of methoxy groups -OCH3 is 1. The fourth-order valence-electron chi connectivity index (χ4n) is 1.28. The predicted octanol–water partition coefficient (Wildman–Crippen LogP) is 2.23. The molecule has 1 aromatic rings. The van der Waals surface area contributed by atoms with E-state index in [0.29, 0.717) is 5.88 Å². The van der Waals surface area contributed by atoms with Gasteiger partial charge in [-0.15, -0.1) is 0 Å². The molecule has 1 aromatic heterocycles. The first-order valence-electron chi connectivity index (χ1n) is 5.43. The molecule has 0 saturated carbocycles. The van der Waals surface area contributed by atoms with Gasteiger partial charge in [0, 0.05) is 12.6 Å². The minimum Gasteiger partial charge on any atom is -0.481 e. The Kier molecular flexibility index (Phi) is 5.12. The minimum absolute atomic E-state index is 0.679. The fraction of sp³-hybridized carbons (Fsp3) is 0.583. The molecule has 0 spiro atoms. The Bertz CT molecular complexity index is 287. The summed E-state index contributed by atoms with van der Waals surface area (Å²) in [6, 6.07) is 5.83. The van der Waals surface area contributed by atoms with Crippen LogP contribution in [0.1, 0.15) is 26.0 Å². The van der Waals surface area contributed by atoms with Crippen molar-refractivity contribution < 1.29 is 4.74 Å². The van der Waals surface area contributed by atoms with Crippen LogP contribution in [0.2, 0.25) is 0 Å². The van der Waals surface area contributed by atoms with Crippen LogP contribution in [0.5, 0.6) is 5.88 Å². The maximum atomic E-state index is 5.06. The zero-order valence-corrected chi connectivity index (χ0v) is 9.79. The summed E-state index contributed by atoms with van der Waals surface area (Å²) in [7, 11) is 1.64. The third-order valence-electron chi connectivity index (χ3n) is 2.19. The van der Waals surface area contributed by atoms with E-state index in [9.17, 15) is 0 Å². The Labute approximate surface area is 91.9 Å². The van der Waals surface area contributed by atoms with E-state index >= 15 is 0 Å². The molecule has 0 fully saturated rings. The topological polar surface area (TPSA) is 34.1 Å². The molecule has 0 aliphatic rings. The lowest BCUT2D eigenvalue weighted by Gasteiger charge is -2.07. The van der Waals surface area contributed by atoms with Crippen molar-refractivity contribution in [2.75, 3.05) is 13.7 Å². The largest absolute Gasteiger partial charge is 0.481 e. The van der Waals surface area contributed by atoms with E-state index in [1.807, 2.05) is 18.2 Å². The second kappa shape index (κ2) is 6.40. The Balaban J connectivity index is 2.30. The first-order valence-corrected chi connectivity index (χ1v) is 5.43. The molecular formula is C12H20N2O. The molecule has 0 aliphatic carbocycles. The second-order valence-electron chi connectivity index (χ2n) is 4.03. The molecule has 0 unspecified atom stereocenters. The van der Waals surface area contributed by atoms with Gasteiger partial charge in [-0.1, -0.05) is 19.9 Å². The summed E-state index contributed by atoms with van der Waals surface area (Å²) < 4.78 is 5.06. The third kappa shape index (κ3) is 4.79. The molecule has 0 saturated heterocycles. The Morgan fingerprint density at radius 3 is 2.87 bits per heavy atom. The summed E-state index contributed by atoms with van der Waals surface area (Å²) in [5.74, 6) is 1.42. The summed E-state index contributed by atoms with van der Waals surface area (Å²) >= 11 is 0. The summed E-state index contributed by atoms with van der Waals surface area (Å²) in [6.07, 6.45) is 1.20. The molecule has 3 heteroatoms. The number of rotatable bonds is 6. The molecular weight excluding hydrogens is 188 g/mol. The fourth-order valence-corrected chi connectivity index (χ4v) is 1.28. The van der Waals surface area contributed by atoms with Gasteiger partial charge in [0.25, 0.3) is 0 Å². The van der Waals surface area contributed by atoms with Gasteiger partial charge in [0.2, 0.25) is 5.88 Å². The van der Waals surface area contributed by atoms with Gasteiger partial charge in [-0.25, -0.2) is 4.98 Å². The molecule has 0 bridgehead atoms. The lowest BCUT2D eigenvalue weighted by Crippen LogP contribution is -2.17. The number of ether oxygens (including phenoxy) is 1. The molecule has 0 aliphatic heterocycles. The van der Waals surface area contributed by atoms with E-state index in [-0.39, 0.29) is 0 Å². The maximum Gasteiger partial charge on any atom is 0.213 e. The van der Waals surface area contributed by atoms with Crippen LogP contribution >= 0.6 is 0 Å². The van der Waals surface area contributed by atoms with Crippen LogP contribution in [0.3, 0.4) is 0 Å². The highest BCUT2D eigenvalue weighted by atomic mass is 16.5. The molecule has 0 amide bonds. The van der Waals surface area contributed by atoms with Crippen molar-refractivity contribution in [3.05, 3.63) is 23.9 Å². The number of nitrogens with one attached hydrogen (secondary N) is 1. The second-order valence-corrected chi connectivity index (χ2v) is 4.03. The van der Waals surface area contributed by atoms with Gasteiger partial charge >= 0.3 is 0 Å². The van der Waals surface area contributed by atoms with Crippen LogP contribution in [-0.2, 0) is 6.54 Å². The average molecular weight is 208 g/mol. The van der Waals surface area contributed by atoms with E-state index in [2.05, 4.69) is 24.1 Å². The van der Waals surface area contributed by atoms with Crippen molar-refractivity contribution >= 4 is 0 Å². The number of nitrogens with zero attached hydrogens (tertiary/aromatic N) is 1. The zero-order chi connectivity index (χ0) is 11.1. The quantitative estimate of drug-likeness (QED) is 0.728. The van der Waals surface area contributed by atoms with Crippen LogP contribution in [0.4, 0.5) is 0 Å². The molecule has 1 rings (SSSR count). The molecule has 3 nitrogen and oxygen atoms in total. The van der Waals surface area contributed by atoms with Crippen LogP contribution in [0.25, 0.3) is 0 Å². The van der Waals surface area contributed by atoms with E-state index in [4.69, 9.17) is 4.74 Å². The molecule has 15 heavy (non-hydrogen) atoms. The molecule has 0 radical (unpaired) electrons. The monoisotopic (exact) mass is 208 g/mol. The highest BCUT2D eigenvalue weighted by molar-refractivity contribution is 5.15. The summed E-state index contributed by atoms with van der Waals surface area (Å²) in [4.78, 5) is 4.32. The normalized spacial score (nSPS) is 10.7. The first kappa shape index (κ1) is 12.0. The summed E-state index contributed by atoms with van der Waals surface area (Å²) in [6.45, 7) is 6.30. The Morgan fingerprint density at radius 2 is 2.20 bits per heavy atom. The van der Waals surface area contributed by atoms with Crippen LogP contribution in [0.15, 0.2) is 18.2 Å². The van der Waals surface area contributed by atoms with Crippen LogP contribution in [-0.4, -0.2) is 18.6 Å². The lowest BCUT2D eigenvalue weighted by atomic mass is 10.1. The van der Waals surface area contributed by atoms with Crippen molar-refractivity contribution in [2.45, 2.75) is 26.8 Å². The smallest absolute Gasteiger partial charge is 0.213 e. The third-order valence-corrected chi connectivity index (χ3v) is 2.19. The molecule has 0 aromatic carbocycles. The van der Waals surface area contributed by atoms with Gasteiger partial charge in [0.1, 0.15) is 0 Å².